The molecule has 0 aliphatic rings. The smallest absolute Gasteiger partial charge is 0.137 e. The molecule has 0 fully saturated rings. The van der Waals surface area contributed by atoms with E-state index in [1.54, 1.807) is 12.3 Å². The van der Waals surface area contributed by atoms with Crippen molar-refractivity contribution in [1.29, 1.82) is 0 Å². The lowest BCUT2D eigenvalue weighted by Gasteiger charge is -2.19. The van der Waals surface area contributed by atoms with Crippen molar-refractivity contribution in [2.45, 2.75) is 25.9 Å². The molecule has 0 saturated heterocycles. The van der Waals surface area contributed by atoms with E-state index in [-0.39, 0.29) is 11.9 Å². The van der Waals surface area contributed by atoms with Crippen LogP contribution < -0.4 is 5.73 Å². The summed E-state index contributed by atoms with van der Waals surface area (Å²) in [5, 5.41) is 4.29. The zero-order valence-corrected chi connectivity index (χ0v) is 13.7. The highest BCUT2D eigenvalue weighted by Crippen LogP contribution is 2.33. The molecule has 102 valence electrons. The van der Waals surface area contributed by atoms with Gasteiger partial charge < -0.3 is 5.73 Å². The summed E-state index contributed by atoms with van der Waals surface area (Å²) < 4.78 is 16.7. The van der Waals surface area contributed by atoms with Gasteiger partial charge in [0.05, 0.1) is 26.9 Å². The molecule has 6 heteroatoms. The third-order valence-electron chi connectivity index (χ3n) is 2.89. The largest absolute Gasteiger partial charge is 0.319 e. The SMILES string of the molecule is CC(C)n1ncc(Br)c1C(N)c1cccc(F)c1Br. The normalized spacial score (nSPS) is 13.0. The van der Waals surface area contributed by atoms with Gasteiger partial charge in [-0.3, -0.25) is 4.68 Å². The molecule has 0 saturated carbocycles. The van der Waals surface area contributed by atoms with Crippen LogP contribution in [-0.2, 0) is 0 Å². The fourth-order valence-corrected chi connectivity index (χ4v) is 2.99. The average Bonchev–Trinajstić information content (AvgIpc) is 2.74. The quantitative estimate of drug-likeness (QED) is 0.854. The van der Waals surface area contributed by atoms with Crippen LogP contribution in [0.3, 0.4) is 0 Å². The van der Waals surface area contributed by atoms with Gasteiger partial charge in [0.25, 0.3) is 0 Å². The van der Waals surface area contributed by atoms with Crippen LogP contribution in [0.5, 0.6) is 0 Å². The Morgan fingerprint density at radius 3 is 2.63 bits per heavy atom. The Labute approximate surface area is 128 Å². The van der Waals surface area contributed by atoms with E-state index >= 15 is 0 Å². The van der Waals surface area contributed by atoms with Gasteiger partial charge in [0, 0.05) is 6.04 Å². The molecule has 19 heavy (non-hydrogen) atoms. The van der Waals surface area contributed by atoms with Crippen LogP contribution >= 0.6 is 31.9 Å². The Morgan fingerprint density at radius 2 is 2.00 bits per heavy atom. The monoisotopic (exact) mass is 389 g/mol. The maximum atomic E-state index is 13.6. The molecule has 2 N–H and O–H groups in total. The third-order valence-corrected chi connectivity index (χ3v) is 4.33. The molecular weight excluding hydrogens is 377 g/mol. The van der Waals surface area contributed by atoms with Gasteiger partial charge in [0.2, 0.25) is 0 Å². The number of hydrogen-bond donors (Lipinski definition) is 1. The highest BCUT2D eigenvalue weighted by molar-refractivity contribution is 9.10. The molecule has 1 aromatic carbocycles. The van der Waals surface area contributed by atoms with Crippen molar-refractivity contribution < 1.29 is 4.39 Å². The van der Waals surface area contributed by atoms with E-state index in [0.29, 0.717) is 10.0 Å². The van der Waals surface area contributed by atoms with Gasteiger partial charge >= 0.3 is 0 Å². The van der Waals surface area contributed by atoms with Gasteiger partial charge in [-0.1, -0.05) is 12.1 Å². The van der Waals surface area contributed by atoms with Crippen LogP contribution in [0.4, 0.5) is 4.39 Å². The zero-order valence-electron chi connectivity index (χ0n) is 10.6. The molecule has 2 rings (SSSR count). The first-order valence-corrected chi connectivity index (χ1v) is 7.44. The number of aromatic nitrogens is 2. The molecule has 0 aliphatic heterocycles. The molecule has 0 bridgehead atoms. The summed E-state index contributed by atoms with van der Waals surface area (Å²) in [6.07, 6.45) is 1.71. The Hall–Kier alpha value is -0.720. The molecule has 0 aliphatic carbocycles. The predicted octanol–water partition coefficient (Wildman–Crippen LogP) is 4.18. The summed E-state index contributed by atoms with van der Waals surface area (Å²) in [5.74, 6) is -0.320. The van der Waals surface area contributed by atoms with E-state index < -0.39 is 6.04 Å². The van der Waals surface area contributed by atoms with Crippen LogP contribution in [0.15, 0.2) is 33.3 Å². The van der Waals surface area contributed by atoms with Crippen molar-refractivity contribution in [3.8, 4) is 0 Å². The first-order valence-electron chi connectivity index (χ1n) is 5.86. The molecule has 1 heterocycles. The van der Waals surface area contributed by atoms with Crippen molar-refractivity contribution in [1.82, 2.24) is 9.78 Å². The number of hydrogen-bond acceptors (Lipinski definition) is 2. The predicted molar refractivity (Wildman–Crippen MR) is 80.4 cm³/mol. The minimum Gasteiger partial charge on any atom is -0.319 e. The highest BCUT2D eigenvalue weighted by Gasteiger charge is 2.22. The molecule has 2 aromatic rings. The van der Waals surface area contributed by atoms with Crippen molar-refractivity contribution >= 4 is 31.9 Å². The topological polar surface area (TPSA) is 43.8 Å². The van der Waals surface area contributed by atoms with E-state index in [1.165, 1.54) is 6.07 Å². The third kappa shape index (κ3) is 2.75. The van der Waals surface area contributed by atoms with Gasteiger partial charge in [0.1, 0.15) is 5.82 Å². The van der Waals surface area contributed by atoms with E-state index in [9.17, 15) is 4.39 Å². The average molecular weight is 391 g/mol. The molecule has 1 aromatic heterocycles. The van der Waals surface area contributed by atoms with Crippen LogP contribution in [0.1, 0.15) is 37.2 Å². The van der Waals surface area contributed by atoms with Crippen molar-refractivity contribution in [3.05, 3.63) is 50.4 Å². The lowest BCUT2D eigenvalue weighted by molar-refractivity contribution is 0.497. The second-order valence-electron chi connectivity index (χ2n) is 4.54. The number of rotatable bonds is 3. The lowest BCUT2D eigenvalue weighted by atomic mass is 10.0. The van der Waals surface area contributed by atoms with Gasteiger partial charge in [-0.25, -0.2) is 4.39 Å². The molecule has 1 atom stereocenters. The van der Waals surface area contributed by atoms with Crippen molar-refractivity contribution in [2.75, 3.05) is 0 Å². The summed E-state index contributed by atoms with van der Waals surface area (Å²) in [7, 11) is 0. The number of nitrogens with two attached hydrogens (primary N) is 1. The summed E-state index contributed by atoms with van der Waals surface area (Å²) in [6, 6.07) is 4.58. The minimum atomic E-state index is -0.454. The second-order valence-corrected chi connectivity index (χ2v) is 6.18. The highest BCUT2D eigenvalue weighted by atomic mass is 79.9. The molecule has 3 nitrogen and oxygen atoms in total. The fourth-order valence-electron chi connectivity index (χ4n) is 1.96. The van der Waals surface area contributed by atoms with Crippen molar-refractivity contribution in [3.63, 3.8) is 0 Å². The van der Waals surface area contributed by atoms with Crippen LogP contribution in [-0.4, -0.2) is 9.78 Å². The standard InChI is InChI=1S/C13H14Br2FN3/c1-7(2)19-13(9(14)6-18-19)12(17)8-4-3-5-10(16)11(8)15/h3-7,12H,17H2,1-2H3. The van der Waals surface area contributed by atoms with Gasteiger partial charge in [0.15, 0.2) is 0 Å². The van der Waals surface area contributed by atoms with E-state index in [0.717, 1.165) is 10.2 Å². The fraction of sp³-hybridized carbons (Fsp3) is 0.308. The Kier molecular flexibility index (Phi) is 4.43. The van der Waals surface area contributed by atoms with E-state index in [4.69, 9.17) is 5.73 Å². The molecule has 0 spiro atoms. The molecular formula is C13H14Br2FN3. The Morgan fingerprint density at radius 1 is 1.32 bits per heavy atom. The van der Waals surface area contributed by atoms with Crippen molar-refractivity contribution in [2.24, 2.45) is 5.73 Å². The first-order chi connectivity index (χ1) is 8.93. The van der Waals surface area contributed by atoms with Crippen LogP contribution in [0.25, 0.3) is 0 Å². The maximum Gasteiger partial charge on any atom is 0.137 e. The summed E-state index contributed by atoms with van der Waals surface area (Å²) in [5.41, 5.74) is 7.81. The first kappa shape index (κ1) is 14.7. The Bertz CT molecular complexity index is 596. The lowest BCUT2D eigenvalue weighted by Crippen LogP contribution is -2.20. The minimum absolute atomic E-state index is 0.180. The summed E-state index contributed by atoms with van der Waals surface area (Å²) in [6.45, 7) is 4.05. The van der Waals surface area contributed by atoms with Gasteiger partial charge in [-0.05, 0) is 57.3 Å². The molecule has 1 unspecified atom stereocenters. The number of halogens is 3. The van der Waals surface area contributed by atoms with E-state index in [1.807, 2.05) is 24.6 Å². The Balaban J connectivity index is 2.53. The number of nitrogens with zero attached hydrogens (tertiary/aromatic N) is 2. The van der Waals surface area contributed by atoms with Crippen LogP contribution in [0.2, 0.25) is 0 Å². The number of benzene rings is 1. The summed E-state index contributed by atoms with van der Waals surface area (Å²) >= 11 is 6.71. The van der Waals surface area contributed by atoms with Crippen LogP contribution in [0, 0.1) is 5.82 Å². The molecule has 0 radical (unpaired) electrons. The maximum absolute atomic E-state index is 13.6. The van der Waals surface area contributed by atoms with E-state index in [2.05, 4.69) is 37.0 Å². The van der Waals surface area contributed by atoms with Gasteiger partial charge in [-0.15, -0.1) is 0 Å². The summed E-state index contributed by atoms with van der Waals surface area (Å²) in [4.78, 5) is 0. The zero-order chi connectivity index (χ0) is 14.2. The second kappa shape index (κ2) is 5.73. The van der Waals surface area contributed by atoms with Gasteiger partial charge in [-0.2, -0.15) is 5.10 Å². The molecule has 0 amide bonds.